The Morgan fingerprint density at radius 3 is 2.40 bits per heavy atom. The molecule has 1 aliphatic heterocycles. The minimum atomic E-state index is -1.25. The molecule has 1 aliphatic rings. The lowest BCUT2D eigenvalue weighted by molar-refractivity contribution is -0.219. The number of aliphatic hydroxyl groups is 3. The van der Waals surface area contributed by atoms with Gasteiger partial charge in [-0.3, -0.25) is 0 Å². The van der Waals surface area contributed by atoms with E-state index in [9.17, 15) is 19.7 Å². The fourth-order valence-corrected chi connectivity index (χ4v) is 4.85. The highest BCUT2D eigenvalue weighted by molar-refractivity contribution is 7.15. The molecule has 0 radical (unpaired) electrons. The Kier molecular flexibility index (Phi) is 6.04. The Hall–Kier alpha value is -2.09. The topological polar surface area (TPSA) is 69.9 Å². The number of aryl methyl sites for hydroxylation is 1. The zero-order valence-corrected chi connectivity index (χ0v) is 17.6. The molecule has 4 rings (SSSR count). The molecule has 158 valence electrons. The quantitative estimate of drug-likeness (QED) is 0.588. The third kappa shape index (κ3) is 4.19. The lowest BCUT2D eigenvalue weighted by Gasteiger charge is -2.39. The second kappa shape index (κ2) is 8.57. The predicted octanol–water partition coefficient (Wildman–Crippen LogP) is 4.00. The second-order valence-corrected chi connectivity index (χ2v) is 9.04. The Morgan fingerprint density at radius 1 is 0.933 bits per heavy atom. The third-order valence-corrected chi connectivity index (χ3v) is 6.84. The summed E-state index contributed by atoms with van der Waals surface area (Å²) in [5.41, 5.74) is 3.98. The third-order valence-electron chi connectivity index (χ3n) is 5.71. The molecule has 6 heteroatoms. The number of ether oxygens (including phenoxy) is 1. The van der Waals surface area contributed by atoms with Crippen LogP contribution in [0.5, 0.6) is 0 Å². The van der Waals surface area contributed by atoms with Gasteiger partial charge in [0.25, 0.3) is 0 Å². The van der Waals surface area contributed by atoms with E-state index in [4.69, 9.17) is 4.74 Å². The normalized spacial score (nSPS) is 26.7. The van der Waals surface area contributed by atoms with Crippen molar-refractivity contribution in [2.24, 2.45) is 0 Å². The monoisotopic (exact) mass is 428 g/mol. The molecule has 30 heavy (non-hydrogen) atoms. The second-order valence-electron chi connectivity index (χ2n) is 7.87. The molecule has 1 fully saturated rings. The van der Waals surface area contributed by atoms with Gasteiger partial charge < -0.3 is 20.1 Å². The maximum absolute atomic E-state index is 13.2. The first-order chi connectivity index (χ1) is 14.3. The maximum atomic E-state index is 13.2. The minimum Gasteiger partial charge on any atom is -0.388 e. The Morgan fingerprint density at radius 2 is 1.67 bits per heavy atom. The lowest BCUT2D eigenvalue weighted by Crippen LogP contribution is -2.53. The van der Waals surface area contributed by atoms with Gasteiger partial charge in [-0.05, 0) is 60.4 Å². The van der Waals surface area contributed by atoms with Crippen LogP contribution in [0.1, 0.15) is 34.6 Å². The molecule has 0 spiro atoms. The summed E-state index contributed by atoms with van der Waals surface area (Å²) in [5.74, 6) is -0.248. The van der Waals surface area contributed by atoms with Gasteiger partial charge in [0.05, 0.1) is 6.10 Å². The molecule has 2 aromatic carbocycles. The van der Waals surface area contributed by atoms with E-state index in [1.807, 2.05) is 31.2 Å². The van der Waals surface area contributed by atoms with E-state index < -0.39 is 30.5 Å². The van der Waals surface area contributed by atoms with E-state index in [1.54, 1.807) is 30.4 Å². The van der Waals surface area contributed by atoms with Gasteiger partial charge in [0, 0.05) is 16.2 Å². The van der Waals surface area contributed by atoms with Crippen molar-refractivity contribution in [1.82, 2.24) is 0 Å². The van der Waals surface area contributed by atoms with Crippen molar-refractivity contribution < 1.29 is 24.4 Å². The van der Waals surface area contributed by atoms with Crippen molar-refractivity contribution >= 4 is 11.3 Å². The zero-order chi connectivity index (χ0) is 21.4. The first-order valence-corrected chi connectivity index (χ1v) is 10.8. The largest absolute Gasteiger partial charge is 0.388 e. The van der Waals surface area contributed by atoms with Crippen molar-refractivity contribution in [2.45, 2.75) is 50.8 Å². The molecule has 1 saturated heterocycles. The summed E-state index contributed by atoms with van der Waals surface area (Å²) in [5, 5.41) is 30.5. The molecule has 0 amide bonds. The van der Waals surface area contributed by atoms with Crippen molar-refractivity contribution in [2.75, 3.05) is 0 Å². The van der Waals surface area contributed by atoms with E-state index in [0.29, 0.717) is 0 Å². The van der Waals surface area contributed by atoms with Crippen LogP contribution in [0.3, 0.4) is 0 Å². The molecular formula is C24H25FO4S. The zero-order valence-electron chi connectivity index (χ0n) is 16.8. The van der Waals surface area contributed by atoms with Crippen molar-refractivity contribution in [3.05, 3.63) is 82.0 Å². The van der Waals surface area contributed by atoms with Crippen molar-refractivity contribution in [3.8, 4) is 10.4 Å². The Labute approximate surface area is 179 Å². The van der Waals surface area contributed by atoms with Crippen molar-refractivity contribution in [1.29, 1.82) is 0 Å². The number of benzene rings is 2. The number of rotatable bonds is 4. The van der Waals surface area contributed by atoms with Crippen LogP contribution < -0.4 is 0 Å². The van der Waals surface area contributed by atoms with Crippen LogP contribution in [0.4, 0.5) is 4.39 Å². The highest BCUT2D eigenvalue weighted by Crippen LogP contribution is 2.34. The lowest BCUT2D eigenvalue weighted by atomic mass is 9.90. The molecule has 5 unspecified atom stereocenters. The summed E-state index contributed by atoms with van der Waals surface area (Å²) in [6.45, 7) is 3.72. The standard InChI is InChI=1S/C24H25FO4S/c1-13-3-4-16(24-23(28)22(27)21(26)14(2)29-24)11-17(13)12-19-9-10-20(30-19)15-5-7-18(25)8-6-15/h3-11,14,21-24,26-28H,12H2,1-2H3. The summed E-state index contributed by atoms with van der Waals surface area (Å²) >= 11 is 1.66. The first kappa shape index (κ1) is 21.2. The summed E-state index contributed by atoms with van der Waals surface area (Å²) in [6, 6.07) is 16.5. The molecule has 3 aromatic rings. The first-order valence-electron chi connectivity index (χ1n) is 9.97. The number of halogens is 1. The van der Waals surface area contributed by atoms with E-state index in [0.717, 1.165) is 33.6 Å². The molecule has 3 N–H and O–H groups in total. The van der Waals surface area contributed by atoms with E-state index in [-0.39, 0.29) is 5.82 Å². The van der Waals surface area contributed by atoms with Crippen molar-refractivity contribution in [3.63, 3.8) is 0 Å². The Balaban J connectivity index is 1.56. The van der Waals surface area contributed by atoms with Crippen LogP contribution in [0, 0.1) is 12.7 Å². The molecular weight excluding hydrogens is 403 g/mol. The van der Waals surface area contributed by atoms with E-state index >= 15 is 0 Å². The number of thiophene rings is 1. The van der Waals surface area contributed by atoms with Crippen LogP contribution >= 0.6 is 11.3 Å². The Bertz CT molecular complexity index is 1020. The van der Waals surface area contributed by atoms with Crippen LogP contribution in [0.25, 0.3) is 10.4 Å². The molecule has 0 aliphatic carbocycles. The van der Waals surface area contributed by atoms with Gasteiger partial charge in [0.1, 0.15) is 30.2 Å². The number of hydrogen-bond donors (Lipinski definition) is 3. The number of hydrogen-bond acceptors (Lipinski definition) is 5. The summed E-state index contributed by atoms with van der Waals surface area (Å²) in [7, 11) is 0. The highest BCUT2D eigenvalue weighted by atomic mass is 32.1. The molecule has 0 saturated carbocycles. The molecule has 4 nitrogen and oxygen atoms in total. The van der Waals surface area contributed by atoms with E-state index in [1.165, 1.54) is 17.0 Å². The van der Waals surface area contributed by atoms with Crippen LogP contribution in [0.15, 0.2) is 54.6 Å². The van der Waals surface area contributed by atoms with Gasteiger partial charge in [-0.2, -0.15) is 0 Å². The average Bonchev–Trinajstić information content (AvgIpc) is 3.20. The predicted molar refractivity (Wildman–Crippen MR) is 115 cm³/mol. The van der Waals surface area contributed by atoms with Gasteiger partial charge in [-0.1, -0.05) is 30.3 Å². The van der Waals surface area contributed by atoms with Gasteiger partial charge in [-0.25, -0.2) is 4.39 Å². The molecule has 5 atom stereocenters. The SMILES string of the molecule is Cc1ccc(C2OC(C)C(O)C(O)C2O)cc1Cc1ccc(-c2ccc(F)cc2)s1. The van der Waals surface area contributed by atoms with Gasteiger partial charge >= 0.3 is 0 Å². The average molecular weight is 429 g/mol. The van der Waals surface area contributed by atoms with Crippen LogP contribution in [0.2, 0.25) is 0 Å². The molecule has 0 bridgehead atoms. The van der Waals surface area contributed by atoms with Gasteiger partial charge in [0.2, 0.25) is 0 Å². The fraction of sp³-hybridized carbons (Fsp3) is 0.333. The smallest absolute Gasteiger partial charge is 0.123 e. The van der Waals surface area contributed by atoms with E-state index in [2.05, 4.69) is 6.07 Å². The molecule has 1 aromatic heterocycles. The highest BCUT2D eigenvalue weighted by Gasteiger charge is 2.42. The fourth-order valence-electron chi connectivity index (χ4n) is 3.82. The van der Waals surface area contributed by atoms with Gasteiger partial charge in [0.15, 0.2) is 0 Å². The van der Waals surface area contributed by atoms with Gasteiger partial charge in [-0.15, -0.1) is 11.3 Å². The summed E-state index contributed by atoms with van der Waals surface area (Å²) in [6.07, 6.45) is -4.12. The molecule has 2 heterocycles. The number of aliphatic hydroxyl groups excluding tert-OH is 3. The summed E-state index contributed by atoms with van der Waals surface area (Å²) < 4.78 is 19.0. The van der Waals surface area contributed by atoms with Crippen LogP contribution in [-0.2, 0) is 11.2 Å². The maximum Gasteiger partial charge on any atom is 0.123 e. The minimum absolute atomic E-state index is 0.248. The summed E-state index contributed by atoms with van der Waals surface area (Å²) in [4.78, 5) is 2.25. The van der Waals surface area contributed by atoms with Crippen LogP contribution in [-0.4, -0.2) is 39.7 Å².